The van der Waals surface area contributed by atoms with E-state index in [0.717, 1.165) is 33.0 Å². The fourth-order valence-corrected chi connectivity index (χ4v) is 4.83. The molecule has 0 fully saturated rings. The molecule has 0 aliphatic rings. The van der Waals surface area contributed by atoms with E-state index in [0.29, 0.717) is 5.69 Å². The Hall–Kier alpha value is -2.12. The second kappa shape index (κ2) is 6.07. The van der Waals surface area contributed by atoms with Crippen molar-refractivity contribution in [2.45, 2.75) is 31.9 Å². The van der Waals surface area contributed by atoms with Crippen LogP contribution < -0.4 is 4.72 Å². The third-order valence-corrected chi connectivity index (χ3v) is 6.92. The molecule has 1 aromatic carbocycles. The molecule has 0 spiro atoms. The minimum atomic E-state index is -3.62. The Morgan fingerprint density at radius 3 is 2.50 bits per heavy atom. The van der Waals surface area contributed by atoms with E-state index in [1.807, 2.05) is 45.9 Å². The number of benzene rings is 1. The lowest BCUT2D eigenvalue weighted by atomic mass is 10.1. The molecule has 2 heterocycles. The van der Waals surface area contributed by atoms with Crippen molar-refractivity contribution in [2.24, 2.45) is 0 Å². The first-order chi connectivity index (χ1) is 11.3. The van der Waals surface area contributed by atoms with E-state index in [-0.39, 0.29) is 4.21 Å². The number of sulfonamides is 1. The van der Waals surface area contributed by atoms with Crippen molar-refractivity contribution in [3.05, 3.63) is 52.7 Å². The first-order valence-electron chi connectivity index (χ1n) is 7.50. The van der Waals surface area contributed by atoms with Gasteiger partial charge in [0.25, 0.3) is 10.0 Å². The first-order valence-corrected chi connectivity index (χ1v) is 9.80. The van der Waals surface area contributed by atoms with Crippen molar-refractivity contribution in [3.63, 3.8) is 0 Å². The summed E-state index contributed by atoms with van der Waals surface area (Å²) in [4.78, 5) is 0.832. The van der Waals surface area contributed by atoms with Gasteiger partial charge in [-0.05, 0) is 62.6 Å². The molecule has 126 valence electrons. The molecule has 0 unspecified atom stereocenters. The van der Waals surface area contributed by atoms with Gasteiger partial charge in [-0.25, -0.2) is 8.42 Å². The molecule has 0 radical (unpaired) electrons. The summed E-state index contributed by atoms with van der Waals surface area (Å²) in [6, 6.07) is 9.12. The number of aromatic nitrogens is 2. The molecule has 2 aromatic heterocycles. The van der Waals surface area contributed by atoms with Crippen LogP contribution in [0.25, 0.3) is 10.6 Å². The number of aromatic amines is 1. The highest BCUT2D eigenvalue weighted by Crippen LogP contribution is 2.33. The van der Waals surface area contributed by atoms with Gasteiger partial charge in [0.05, 0.1) is 10.6 Å². The summed E-state index contributed by atoms with van der Waals surface area (Å²) in [5.74, 6) is 0. The van der Waals surface area contributed by atoms with Crippen LogP contribution in [0.5, 0.6) is 0 Å². The fraction of sp³-hybridized carbons (Fsp3) is 0.235. The second-order valence-corrected chi connectivity index (χ2v) is 8.86. The van der Waals surface area contributed by atoms with Crippen LogP contribution in [-0.2, 0) is 10.0 Å². The van der Waals surface area contributed by atoms with Gasteiger partial charge in [0.2, 0.25) is 0 Å². The van der Waals surface area contributed by atoms with E-state index < -0.39 is 10.0 Å². The number of aryl methyl sites for hydroxylation is 3. The molecule has 0 bridgehead atoms. The number of nitrogens with zero attached hydrogens (tertiary/aromatic N) is 1. The van der Waals surface area contributed by atoms with Crippen molar-refractivity contribution < 1.29 is 8.42 Å². The summed E-state index contributed by atoms with van der Waals surface area (Å²) < 4.78 is 28.3. The van der Waals surface area contributed by atoms with Crippen LogP contribution in [-0.4, -0.2) is 18.6 Å². The SMILES string of the molecule is Cc1ccc(C)c(NS(=O)(=O)c2ccc(-c3n[nH]c(C)c3C)s2)c1. The minimum absolute atomic E-state index is 0.276. The van der Waals surface area contributed by atoms with Crippen LogP contribution >= 0.6 is 11.3 Å². The van der Waals surface area contributed by atoms with Crippen LogP contribution in [0.3, 0.4) is 0 Å². The number of hydrogen-bond donors (Lipinski definition) is 2. The highest BCUT2D eigenvalue weighted by Gasteiger charge is 2.20. The Kier molecular flexibility index (Phi) is 4.23. The lowest BCUT2D eigenvalue weighted by molar-refractivity contribution is 0.603. The van der Waals surface area contributed by atoms with Gasteiger partial charge < -0.3 is 0 Å². The van der Waals surface area contributed by atoms with Crippen molar-refractivity contribution in [1.82, 2.24) is 10.2 Å². The van der Waals surface area contributed by atoms with E-state index in [1.165, 1.54) is 11.3 Å². The summed E-state index contributed by atoms with van der Waals surface area (Å²) in [7, 11) is -3.62. The zero-order chi connectivity index (χ0) is 17.5. The van der Waals surface area contributed by atoms with Gasteiger partial charge in [-0.2, -0.15) is 5.10 Å². The summed E-state index contributed by atoms with van der Waals surface area (Å²) in [6.45, 7) is 7.73. The highest BCUT2D eigenvalue weighted by atomic mass is 32.2. The van der Waals surface area contributed by atoms with Crippen LogP contribution in [0.1, 0.15) is 22.4 Å². The number of hydrogen-bond acceptors (Lipinski definition) is 4. The van der Waals surface area contributed by atoms with E-state index in [1.54, 1.807) is 12.1 Å². The van der Waals surface area contributed by atoms with Gasteiger partial charge in [-0.15, -0.1) is 11.3 Å². The molecule has 5 nitrogen and oxygen atoms in total. The molecule has 0 aliphatic heterocycles. The fourth-order valence-electron chi connectivity index (χ4n) is 2.36. The van der Waals surface area contributed by atoms with Gasteiger partial charge in [-0.3, -0.25) is 9.82 Å². The van der Waals surface area contributed by atoms with Crippen LogP contribution in [0.2, 0.25) is 0 Å². The molecule has 3 rings (SSSR count). The minimum Gasteiger partial charge on any atom is -0.282 e. The number of nitrogens with one attached hydrogen (secondary N) is 2. The molecule has 2 N–H and O–H groups in total. The number of anilines is 1. The second-order valence-electron chi connectivity index (χ2n) is 5.86. The average Bonchev–Trinajstić information content (AvgIpc) is 3.12. The Labute approximate surface area is 145 Å². The molecular formula is C17H19N3O2S2. The number of rotatable bonds is 4. The molecular weight excluding hydrogens is 342 g/mol. The Morgan fingerprint density at radius 1 is 1.08 bits per heavy atom. The predicted octanol–water partition coefficient (Wildman–Crippen LogP) is 4.17. The Morgan fingerprint density at radius 2 is 1.83 bits per heavy atom. The van der Waals surface area contributed by atoms with Crippen molar-refractivity contribution in [3.8, 4) is 10.6 Å². The topological polar surface area (TPSA) is 74.8 Å². The van der Waals surface area contributed by atoms with Gasteiger partial charge in [0.15, 0.2) is 0 Å². The Bertz CT molecular complexity index is 1000. The normalized spacial score (nSPS) is 11.7. The van der Waals surface area contributed by atoms with Gasteiger partial charge >= 0.3 is 0 Å². The smallest absolute Gasteiger partial charge is 0.271 e. The maximum absolute atomic E-state index is 12.7. The van der Waals surface area contributed by atoms with Crippen LogP contribution in [0.4, 0.5) is 5.69 Å². The number of H-pyrrole nitrogens is 1. The highest BCUT2D eigenvalue weighted by molar-refractivity contribution is 7.94. The third kappa shape index (κ3) is 3.09. The maximum atomic E-state index is 12.7. The molecule has 0 saturated heterocycles. The average molecular weight is 361 g/mol. The van der Waals surface area contributed by atoms with Crippen LogP contribution in [0, 0.1) is 27.7 Å². The van der Waals surface area contributed by atoms with E-state index in [2.05, 4.69) is 14.9 Å². The lowest BCUT2D eigenvalue weighted by Crippen LogP contribution is -2.12. The molecule has 0 atom stereocenters. The zero-order valence-electron chi connectivity index (χ0n) is 14.0. The first kappa shape index (κ1) is 16.7. The largest absolute Gasteiger partial charge is 0.282 e. The van der Waals surface area contributed by atoms with Crippen LogP contribution in [0.15, 0.2) is 34.5 Å². The van der Waals surface area contributed by atoms with Gasteiger partial charge in [0.1, 0.15) is 9.90 Å². The van der Waals surface area contributed by atoms with E-state index >= 15 is 0 Å². The molecule has 0 aliphatic carbocycles. The van der Waals surface area contributed by atoms with Gasteiger partial charge in [0, 0.05) is 5.69 Å². The summed E-state index contributed by atoms with van der Waals surface area (Å²) >= 11 is 1.22. The van der Waals surface area contributed by atoms with Gasteiger partial charge in [-0.1, -0.05) is 12.1 Å². The summed E-state index contributed by atoms with van der Waals surface area (Å²) in [6.07, 6.45) is 0. The molecule has 7 heteroatoms. The zero-order valence-corrected chi connectivity index (χ0v) is 15.6. The summed E-state index contributed by atoms with van der Waals surface area (Å²) in [5.41, 5.74) is 5.31. The monoisotopic (exact) mass is 361 g/mol. The molecule has 0 saturated carbocycles. The molecule has 24 heavy (non-hydrogen) atoms. The predicted molar refractivity (Wildman–Crippen MR) is 98.1 cm³/mol. The molecule has 3 aromatic rings. The van der Waals surface area contributed by atoms with E-state index in [9.17, 15) is 8.42 Å². The van der Waals surface area contributed by atoms with Crippen molar-refractivity contribution in [1.29, 1.82) is 0 Å². The quantitative estimate of drug-likeness (QED) is 0.732. The lowest BCUT2D eigenvalue weighted by Gasteiger charge is -2.10. The van der Waals surface area contributed by atoms with Crippen molar-refractivity contribution >= 4 is 27.0 Å². The molecule has 0 amide bonds. The maximum Gasteiger partial charge on any atom is 0.271 e. The Balaban J connectivity index is 1.94. The van der Waals surface area contributed by atoms with E-state index in [4.69, 9.17) is 0 Å². The standard InChI is InChI=1S/C17H19N3O2S2/c1-10-5-6-11(2)14(9-10)20-24(21,22)16-8-7-15(23-16)17-12(3)13(4)18-19-17/h5-9,20H,1-4H3,(H,18,19). The third-order valence-electron chi connectivity index (χ3n) is 3.97. The van der Waals surface area contributed by atoms with Crippen molar-refractivity contribution in [2.75, 3.05) is 4.72 Å². The number of thiophene rings is 1. The summed E-state index contributed by atoms with van der Waals surface area (Å²) in [5, 5.41) is 7.19.